The Morgan fingerprint density at radius 1 is 1.21 bits per heavy atom. The van der Waals surface area contributed by atoms with Crippen LogP contribution < -0.4 is 0 Å². The number of hydrogen-bond acceptors (Lipinski definition) is 4. The molecule has 1 aliphatic heterocycles. The molecule has 6 nitrogen and oxygen atoms in total. The van der Waals surface area contributed by atoms with E-state index < -0.39 is 0 Å². The summed E-state index contributed by atoms with van der Waals surface area (Å²) in [7, 11) is 4.15. The fourth-order valence-corrected chi connectivity index (χ4v) is 3.89. The van der Waals surface area contributed by atoms with Crippen molar-refractivity contribution in [1.82, 2.24) is 24.5 Å². The summed E-state index contributed by atoms with van der Waals surface area (Å²) < 4.78 is 15.6. The monoisotopic (exact) mass is 387 g/mol. The minimum absolute atomic E-state index is 0.0934. The summed E-state index contributed by atoms with van der Waals surface area (Å²) in [4.78, 5) is 19.6. The van der Waals surface area contributed by atoms with Crippen LogP contribution in [0.1, 0.15) is 30.0 Å². The number of hydrogen-bond donors (Lipinski definition) is 0. The van der Waals surface area contributed by atoms with E-state index in [9.17, 15) is 9.18 Å². The van der Waals surface area contributed by atoms with Gasteiger partial charge >= 0.3 is 0 Å². The second kappa shape index (κ2) is 8.41. The van der Waals surface area contributed by atoms with Crippen molar-refractivity contribution in [2.75, 3.05) is 40.3 Å². The Balaban J connectivity index is 1.75. The molecule has 1 aliphatic rings. The maximum atomic E-state index is 14.1. The largest absolute Gasteiger partial charge is 0.334 e. The molecule has 2 aromatic rings. The van der Waals surface area contributed by atoms with Crippen molar-refractivity contribution in [2.45, 2.75) is 32.9 Å². The standard InChI is InChI=1S/C21H30FN5O/c1-15-12-19(23-27(15)20-9-7-6-8-18(20)22)21(28)25-13-16(2)26(17(3)14-25)11-10-24(4)5/h6-9,12,16-17H,10-11,13-14H2,1-5H3. The molecular weight excluding hydrogens is 357 g/mol. The summed E-state index contributed by atoms with van der Waals surface area (Å²) in [5.74, 6) is -0.450. The molecule has 0 N–H and O–H groups in total. The molecule has 1 aromatic heterocycles. The van der Waals surface area contributed by atoms with E-state index in [1.54, 1.807) is 24.3 Å². The third kappa shape index (κ3) is 4.25. The molecule has 1 saturated heterocycles. The van der Waals surface area contributed by atoms with Gasteiger partial charge in [-0.1, -0.05) is 12.1 Å². The van der Waals surface area contributed by atoms with Crippen LogP contribution in [-0.2, 0) is 0 Å². The molecule has 0 spiro atoms. The fourth-order valence-electron chi connectivity index (χ4n) is 3.89. The van der Waals surface area contributed by atoms with Gasteiger partial charge in [-0.3, -0.25) is 9.69 Å². The number of likely N-dealkylation sites (N-methyl/N-ethyl adjacent to an activating group) is 1. The van der Waals surface area contributed by atoms with Crippen LogP contribution in [0, 0.1) is 12.7 Å². The van der Waals surface area contributed by atoms with Gasteiger partial charge in [0.05, 0.1) is 0 Å². The van der Waals surface area contributed by atoms with Crippen LogP contribution in [0.3, 0.4) is 0 Å². The van der Waals surface area contributed by atoms with E-state index in [2.05, 4.69) is 42.8 Å². The van der Waals surface area contributed by atoms with Crippen molar-refractivity contribution in [3.63, 3.8) is 0 Å². The first-order chi connectivity index (χ1) is 13.3. The SMILES string of the molecule is Cc1cc(C(=O)N2CC(C)N(CCN(C)C)C(C)C2)nn1-c1ccccc1F. The zero-order valence-electron chi connectivity index (χ0n) is 17.4. The van der Waals surface area contributed by atoms with E-state index >= 15 is 0 Å². The molecule has 1 amide bonds. The van der Waals surface area contributed by atoms with Crippen LogP contribution in [0.15, 0.2) is 30.3 Å². The van der Waals surface area contributed by atoms with Gasteiger partial charge in [-0.05, 0) is 53.1 Å². The van der Waals surface area contributed by atoms with Crippen molar-refractivity contribution >= 4 is 5.91 Å². The fraction of sp³-hybridized carbons (Fsp3) is 0.524. The quantitative estimate of drug-likeness (QED) is 0.790. The number of benzene rings is 1. The summed E-state index contributed by atoms with van der Waals surface area (Å²) in [6.07, 6.45) is 0. The van der Waals surface area contributed by atoms with Crippen LogP contribution in [0.2, 0.25) is 0 Å². The number of amides is 1. The first-order valence-electron chi connectivity index (χ1n) is 9.79. The smallest absolute Gasteiger partial charge is 0.274 e. The molecule has 1 fully saturated rings. The molecule has 152 valence electrons. The normalized spacial score (nSPS) is 20.8. The lowest BCUT2D eigenvalue weighted by molar-refractivity contribution is 0.0278. The van der Waals surface area contributed by atoms with Crippen molar-refractivity contribution in [3.8, 4) is 5.69 Å². The number of aromatic nitrogens is 2. The maximum absolute atomic E-state index is 14.1. The number of nitrogens with zero attached hydrogens (tertiary/aromatic N) is 5. The molecule has 1 aromatic carbocycles. The summed E-state index contributed by atoms with van der Waals surface area (Å²) in [6, 6.07) is 8.76. The van der Waals surface area contributed by atoms with E-state index in [-0.39, 0.29) is 23.8 Å². The summed E-state index contributed by atoms with van der Waals surface area (Å²) in [5, 5.41) is 4.41. The molecule has 2 atom stereocenters. The molecule has 28 heavy (non-hydrogen) atoms. The van der Waals surface area contributed by atoms with Gasteiger partial charge in [0.15, 0.2) is 5.69 Å². The number of carbonyl (C=O) groups excluding carboxylic acids is 1. The summed E-state index contributed by atoms with van der Waals surface area (Å²) in [6.45, 7) is 9.47. The zero-order chi connectivity index (χ0) is 20.4. The van der Waals surface area contributed by atoms with E-state index in [4.69, 9.17) is 0 Å². The number of halogens is 1. The predicted octanol–water partition coefficient (Wildman–Crippen LogP) is 2.42. The second-order valence-electron chi connectivity index (χ2n) is 7.98. The van der Waals surface area contributed by atoms with Gasteiger partial charge in [-0.15, -0.1) is 0 Å². The first kappa shape index (κ1) is 20.5. The summed E-state index contributed by atoms with van der Waals surface area (Å²) in [5.41, 5.74) is 1.45. The second-order valence-corrected chi connectivity index (χ2v) is 7.98. The maximum Gasteiger partial charge on any atom is 0.274 e. The molecule has 7 heteroatoms. The number of piperazine rings is 1. The highest BCUT2D eigenvalue weighted by molar-refractivity contribution is 5.92. The van der Waals surface area contributed by atoms with Gasteiger partial charge < -0.3 is 9.80 Å². The van der Waals surface area contributed by atoms with E-state index in [0.29, 0.717) is 24.5 Å². The average molecular weight is 388 g/mol. The Bertz CT molecular complexity index is 822. The third-order valence-electron chi connectivity index (χ3n) is 5.38. The third-order valence-corrected chi connectivity index (χ3v) is 5.38. The number of carbonyl (C=O) groups is 1. The molecule has 0 saturated carbocycles. The first-order valence-corrected chi connectivity index (χ1v) is 9.79. The topological polar surface area (TPSA) is 44.6 Å². The molecule has 0 aliphatic carbocycles. The van der Waals surface area contributed by atoms with Crippen LogP contribution in [-0.4, -0.2) is 82.7 Å². The van der Waals surface area contributed by atoms with E-state index in [0.717, 1.165) is 18.8 Å². The Morgan fingerprint density at radius 3 is 2.46 bits per heavy atom. The average Bonchev–Trinajstić information content (AvgIpc) is 3.02. The number of rotatable bonds is 5. The minimum Gasteiger partial charge on any atom is -0.334 e. The highest BCUT2D eigenvalue weighted by Crippen LogP contribution is 2.20. The predicted molar refractivity (Wildman–Crippen MR) is 108 cm³/mol. The number of aryl methyl sites for hydroxylation is 1. The van der Waals surface area contributed by atoms with Gasteiger partial charge in [0.25, 0.3) is 5.91 Å². The zero-order valence-corrected chi connectivity index (χ0v) is 17.4. The lowest BCUT2D eigenvalue weighted by Crippen LogP contribution is -2.59. The molecule has 3 rings (SSSR count). The van der Waals surface area contributed by atoms with Gasteiger partial charge in [-0.2, -0.15) is 5.10 Å². The van der Waals surface area contributed by atoms with Crippen molar-refractivity contribution in [3.05, 3.63) is 47.5 Å². The van der Waals surface area contributed by atoms with E-state index in [1.165, 1.54) is 10.7 Å². The minimum atomic E-state index is -0.357. The Labute approximate surface area is 166 Å². The van der Waals surface area contributed by atoms with Crippen LogP contribution in [0.5, 0.6) is 0 Å². The van der Waals surface area contributed by atoms with Crippen molar-refractivity contribution in [1.29, 1.82) is 0 Å². The van der Waals surface area contributed by atoms with Crippen molar-refractivity contribution < 1.29 is 9.18 Å². The molecule has 2 heterocycles. The molecule has 0 radical (unpaired) electrons. The number of para-hydroxylation sites is 1. The highest BCUT2D eigenvalue weighted by Gasteiger charge is 2.33. The molecule has 2 unspecified atom stereocenters. The van der Waals surface area contributed by atoms with Gasteiger partial charge in [0, 0.05) is 44.0 Å². The van der Waals surface area contributed by atoms with Crippen LogP contribution in [0.4, 0.5) is 4.39 Å². The van der Waals surface area contributed by atoms with E-state index in [1.807, 2.05) is 11.8 Å². The van der Waals surface area contributed by atoms with Gasteiger partial charge in [-0.25, -0.2) is 9.07 Å². The lowest BCUT2D eigenvalue weighted by atomic mass is 10.1. The highest BCUT2D eigenvalue weighted by atomic mass is 19.1. The Hall–Kier alpha value is -2.25. The Morgan fingerprint density at radius 2 is 1.86 bits per heavy atom. The molecule has 0 bridgehead atoms. The van der Waals surface area contributed by atoms with Crippen LogP contribution in [0.25, 0.3) is 5.69 Å². The lowest BCUT2D eigenvalue weighted by Gasteiger charge is -2.44. The van der Waals surface area contributed by atoms with Gasteiger partial charge in [0.1, 0.15) is 11.5 Å². The Kier molecular flexibility index (Phi) is 6.15. The van der Waals surface area contributed by atoms with Crippen molar-refractivity contribution in [2.24, 2.45) is 0 Å². The summed E-state index contributed by atoms with van der Waals surface area (Å²) >= 11 is 0. The molecular formula is C21H30FN5O. The van der Waals surface area contributed by atoms with Crippen LogP contribution >= 0.6 is 0 Å². The van der Waals surface area contributed by atoms with Gasteiger partial charge in [0.2, 0.25) is 0 Å².